The number of nitrogens with zero attached hydrogens (tertiary/aromatic N) is 1. The van der Waals surface area contributed by atoms with Gasteiger partial charge in [0, 0.05) is 4.70 Å². The van der Waals surface area contributed by atoms with Gasteiger partial charge in [-0.05, 0) is 35.6 Å². The average Bonchev–Trinajstić information content (AvgIpc) is 2.56. The molecule has 0 saturated carbocycles. The summed E-state index contributed by atoms with van der Waals surface area (Å²) in [5.74, 6) is 0. The molecule has 1 heterocycles. The summed E-state index contributed by atoms with van der Waals surface area (Å²) in [6.45, 7) is 2.06. The van der Waals surface area contributed by atoms with Crippen LogP contribution < -0.4 is 5.73 Å². The molecule has 2 aromatic rings. The Labute approximate surface area is 86.6 Å². The molecular weight excluding hydrogens is 192 g/mol. The molecule has 0 spiro atoms. The topological polar surface area (TPSA) is 49.8 Å². The Kier molecular flexibility index (Phi) is 2.14. The van der Waals surface area contributed by atoms with E-state index in [0.717, 1.165) is 27.9 Å². The summed E-state index contributed by atoms with van der Waals surface area (Å²) in [4.78, 5) is 0. The minimum Gasteiger partial charge on any atom is -0.391 e. The number of fused-ring (bicyclic) bond motifs is 1. The van der Waals surface area contributed by atoms with E-state index in [1.54, 1.807) is 11.3 Å². The molecule has 0 radical (unpaired) electrons. The van der Waals surface area contributed by atoms with Crippen LogP contribution in [0.4, 0.5) is 5.00 Å². The highest BCUT2D eigenvalue weighted by atomic mass is 32.1. The SMILES string of the molecule is CCc1c(C#N)ccc2sc(N)cc12. The Morgan fingerprint density at radius 2 is 2.29 bits per heavy atom. The summed E-state index contributed by atoms with van der Waals surface area (Å²) in [6, 6.07) is 8.01. The Bertz CT molecular complexity index is 520. The number of nitrogen functional groups attached to an aromatic ring is 1. The van der Waals surface area contributed by atoms with Crippen molar-refractivity contribution in [3.8, 4) is 6.07 Å². The monoisotopic (exact) mass is 202 g/mol. The third kappa shape index (κ3) is 1.24. The molecule has 0 aliphatic carbocycles. The summed E-state index contributed by atoms with van der Waals surface area (Å²) >= 11 is 1.57. The van der Waals surface area contributed by atoms with Crippen molar-refractivity contribution in [2.24, 2.45) is 0 Å². The van der Waals surface area contributed by atoms with Crippen LogP contribution in [0.2, 0.25) is 0 Å². The van der Waals surface area contributed by atoms with E-state index in [1.807, 2.05) is 18.2 Å². The van der Waals surface area contributed by atoms with Crippen LogP contribution in [-0.2, 0) is 6.42 Å². The minimum absolute atomic E-state index is 0.762. The third-order valence-electron chi connectivity index (χ3n) is 2.31. The largest absolute Gasteiger partial charge is 0.391 e. The van der Waals surface area contributed by atoms with Gasteiger partial charge in [0.1, 0.15) is 0 Å². The molecule has 0 fully saturated rings. The maximum Gasteiger partial charge on any atom is 0.0994 e. The maximum atomic E-state index is 8.94. The van der Waals surface area contributed by atoms with Crippen molar-refractivity contribution in [2.45, 2.75) is 13.3 Å². The van der Waals surface area contributed by atoms with Gasteiger partial charge in [-0.25, -0.2) is 0 Å². The van der Waals surface area contributed by atoms with Gasteiger partial charge in [-0.1, -0.05) is 6.92 Å². The number of thiophene rings is 1. The Morgan fingerprint density at radius 3 is 2.93 bits per heavy atom. The first kappa shape index (κ1) is 9.04. The molecule has 0 saturated heterocycles. The maximum absolute atomic E-state index is 8.94. The van der Waals surface area contributed by atoms with E-state index in [9.17, 15) is 0 Å². The number of nitrogens with two attached hydrogens (primary N) is 1. The molecule has 0 unspecified atom stereocenters. The summed E-state index contributed by atoms with van der Waals surface area (Å²) in [6.07, 6.45) is 0.871. The van der Waals surface area contributed by atoms with Crippen molar-refractivity contribution in [1.29, 1.82) is 5.26 Å². The van der Waals surface area contributed by atoms with Gasteiger partial charge in [0.25, 0.3) is 0 Å². The van der Waals surface area contributed by atoms with Crippen molar-refractivity contribution in [3.63, 3.8) is 0 Å². The molecule has 0 bridgehead atoms. The van der Waals surface area contributed by atoms with E-state index in [2.05, 4.69) is 13.0 Å². The first-order valence-electron chi connectivity index (χ1n) is 4.47. The average molecular weight is 202 g/mol. The van der Waals surface area contributed by atoms with Gasteiger partial charge in [0.15, 0.2) is 0 Å². The fraction of sp³-hybridized carbons (Fsp3) is 0.182. The lowest BCUT2D eigenvalue weighted by molar-refractivity contribution is 1.15. The number of anilines is 1. The van der Waals surface area contributed by atoms with Crippen LogP contribution in [0, 0.1) is 11.3 Å². The molecule has 3 heteroatoms. The van der Waals surface area contributed by atoms with Crippen LogP contribution in [0.5, 0.6) is 0 Å². The van der Waals surface area contributed by atoms with E-state index in [0.29, 0.717) is 0 Å². The fourth-order valence-electron chi connectivity index (χ4n) is 1.67. The second-order valence-corrected chi connectivity index (χ2v) is 4.23. The van der Waals surface area contributed by atoms with Gasteiger partial charge in [-0.3, -0.25) is 0 Å². The predicted octanol–water partition coefficient (Wildman–Crippen LogP) is 2.92. The Balaban J connectivity index is 2.84. The number of aryl methyl sites for hydroxylation is 1. The van der Waals surface area contributed by atoms with Crippen molar-refractivity contribution in [1.82, 2.24) is 0 Å². The van der Waals surface area contributed by atoms with Gasteiger partial charge in [0.05, 0.1) is 16.6 Å². The zero-order valence-corrected chi connectivity index (χ0v) is 8.69. The summed E-state index contributed by atoms with van der Waals surface area (Å²) < 4.78 is 1.17. The molecule has 0 aliphatic heterocycles. The van der Waals surface area contributed by atoms with Crippen LogP contribution in [0.25, 0.3) is 10.1 Å². The summed E-state index contributed by atoms with van der Waals surface area (Å²) in [7, 11) is 0. The van der Waals surface area contributed by atoms with Crippen LogP contribution in [-0.4, -0.2) is 0 Å². The molecular formula is C11H10N2S. The lowest BCUT2D eigenvalue weighted by Crippen LogP contribution is -1.87. The van der Waals surface area contributed by atoms with E-state index in [1.165, 1.54) is 4.70 Å². The Hall–Kier alpha value is -1.53. The lowest BCUT2D eigenvalue weighted by Gasteiger charge is -2.01. The highest BCUT2D eigenvalue weighted by Crippen LogP contribution is 2.31. The van der Waals surface area contributed by atoms with Crippen LogP contribution >= 0.6 is 11.3 Å². The van der Waals surface area contributed by atoms with Crippen molar-refractivity contribution >= 4 is 26.4 Å². The normalized spacial score (nSPS) is 10.3. The van der Waals surface area contributed by atoms with Gasteiger partial charge < -0.3 is 5.73 Å². The van der Waals surface area contributed by atoms with Gasteiger partial charge in [-0.15, -0.1) is 11.3 Å². The molecule has 2 nitrogen and oxygen atoms in total. The summed E-state index contributed by atoms with van der Waals surface area (Å²) in [5, 5.41) is 10.9. The Morgan fingerprint density at radius 1 is 1.50 bits per heavy atom. The quantitative estimate of drug-likeness (QED) is 0.773. The van der Waals surface area contributed by atoms with Crippen LogP contribution in [0.1, 0.15) is 18.1 Å². The zero-order valence-electron chi connectivity index (χ0n) is 7.87. The smallest absolute Gasteiger partial charge is 0.0994 e. The van der Waals surface area contributed by atoms with Crippen LogP contribution in [0.15, 0.2) is 18.2 Å². The van der Waals surface area contributed by atoms with Crippen molar-refractivity contribution in [3.05, 3.63) is 29.3 Å². The molecule has 2 N–H and O–H groups in total. The first-order valence-corrected chi connectivity index (χ1v) is 5.29. The molecule has 0 atom stereocenters. The van der Waals surface area contributed by atoms with Crippen molar-refractivity contribution in [2.75, 3.05) is 5.73 Å². The molecule has 0 amide bonds. The van der Waals surface area contributed by atoms with E-state index in [4.69, 9.17) is 11.0 Å². The van der Waals surface area contributed by atoms with Gasteiger partial charge in [0.2, 0.25) is 0 Å². The van der Waals surface area contributed by atoms with Gasteiger partial charge >= 0.3 is 0 Å². The van der Waals surface area contributed by atoms with Crippen LogP contribution in [0.3, 0.4) is 0 Å². The second kappa shape index (κ2) is 3.32. The molecule has 1 aromatic carbocycles. The highest BCUT2D eigenvalue weighted by molar-refractivity contribution is 7.22. The van der Waals surface area contributed by atoms with E-state index in [-0.39, 0.29) is 0 Å². The fourth-order valence-corrected chi connectivity index (χ4v) is 2.53. The molecule has 14 heavy (non-hydrogen) atoms. The zero-order chi connectivity index (χ0) is 10.1. The molecule has 2 rings (SSSR count). The van der Waals surface area contributed by atoms with Crippen molar-refractivity contribution < 1.29 is 0 Å². The number of hydrogen-bond donors (Lipinski definition) is 1. The van der Waals surface area contributed by atoms with Gasteiger partial charge in [-0.2, -0.15) is 5.26 Å². The number of benzene rings is 1. The van der Waals surface area contributed by atoms with E-state index < -0.39 is 0 Å². The molecule has 70 valence electrons. The number of nitriles is 1. The second-order valence-electron chi connectivity index (χ2n) is 3.12. The number of rotatable bonds is 1. The molecule has 0 aliphatic rings. The lowest BCUT2D eigenvalue weighted by atomic mass is 10.0. The predicted molar refractivity (Wildman–Crippen MR) is 60.3 cm³/mol. The molecule has 1 aromatic heterocycles. The van der Waals surface area contributed by atoms with E-state index >= 15 is 0 Å². The highest BCUT2D eigenvalue weighted by Gasteiger charge is 2.07. The third-order valence-corrected chi connectivity index (χ3v) is 3.23. The standard InChI is InChI=1S/C11H10N2S/c1-2-8-7(6-12)3-4-10-9(8)5-11(13)14-10/h3-5H,2,13H2,1H3. The number of hydrogen-bond acceptors (Lipinski definition) is 3. The first-order chi connectivity index (χ1) is 6.76. The summed E-state index contributed by atoms with van der Waals surface area (Å²) in [5.41, 5.74) is 7.61. The minimum atomic E-state index is 0.762.